The highest BCUT2D eigenvalue weighted by molar-refractivity contribution is 6.10. The number of benzene rings is 3. The Bertz CT molecular complexity index is 1280. The van der Waals surface area contributed by atoms with E-state index in [2.05, 4.69) is 5.32 Å². The molecule has 1 N–H and O–H groups in total. The van der Waals surface area contributed by atoms with Gasteiger partial charge in [0.2, 0.25) is 0 Å². The van der Waals surface area contributed by atoms with Gasteiger partial charge in [-0.05, 0) is 35.9 Å². The highest BCUT2D eigenvalue weighted by atomic mass is 16.6. The Kier molecular flexibility index (Phi) is 6.18. The van der Waals surface area contributed by atoms with Gasteiger partial charge in [0.1, 0.15) is 42.0 Å². The molecule has 0 saturated carbocycles. The number of anilines is 1. The number of fused-ring (bicyclic) bond motifs is 1. The van der Waals surface area contributed by atoms with E-state index in [4.69, 9.17) is 14.2 Å². The second kappa shape index (κ2) is 9.53. The van der Waals surface area contributed by atoms with Gasteiger partial charge in [-0.3, -0.25) is 14.9 Å². The lowest BCUT2D eigenvalue weighted by Gasteiger charge is -2.19. The van der Waals surface area contributed by atoms with E-state index in [1.54, 1.807) is 36.4 Å². The first-order valence-corrected chi connectivity index (χ1v) is 9.87. The minimum atomic E-state index is -0.799. The molecule has 0 aliphatic carbocycles. The third kappa shape index (κ3) is 5.08. The maximum Gasteiger partial charge on any atom is 0.296 e. The minimum absolute atomic E-state index is 0.100. The van der Waals surface area contributed by atoms with E-state index in [-0.39, 0.29) is 41.7 Å². The van der Waals surface area contributed by atoms with Gasteiger partial charge in [0.15, 0.2) is 11.5 Å². The number of nitro groups is 1. The molecule has 1 aliphatic heterocycles. The smallest absolute Gasteiger partial charge is 0.296 e. The second-order valence-electron chi connectivity index (χ2n) is 6.88. The van der Waals surface area contributed by atoms with Crippen LogP contribution in [0.5, 0.6) is 23.0 Å². The zero-order chi connectivity index (χ0) is 23.2. The molecule has 9 heteroatoms. The van der Waals surface area contributed by atoms with Crippen molar-refractivity contribution in [3.63, 3.8) is 0 Å². The molecule has 9 nitrogen and oxygen atoms in total. The van der Waals surface area contributed by atoms with Crippen molar-refractivity contribution in [1.29, 1.82) is 5.26 Å². The highest BCUT2D eigenvalue weighted by Crippen LogP contribution is 2.39. The van der Waals surface area contributed by atoms with E-state index in [1.807, 2.05) is 24.3 Å². The Hall–Kier alpha value is -4.84. The van der Waals surface area contributed by atoms with Crippen molar-refractivity contribution in [3.05, 3.63) is 88.0 Å². The van der Waals surface area contributed by atoms with Crippen molar-refractivity contribution in [2.24, 2.45) is 0 Å². The third-order valence-electron chi connectivity index (χ3n) is 4.62. The lowest BCUT2D eigenvalue weighted by Crippen LogP contribution is -2.18. The number of para-hydroxylation sites is 1. The van der Waals surface area contributed by atoms with Crippen molar-refractivity contribution >= 4 is 23.4 Å². The fourth-order valence-corrected chi connectivity index (χ4v) is 3.13. The Morgan fingerprint density at radius 2 is 1.73 bits per heavy atom. The number of nitriles is 1. The monoisotopic (exact) mass is 443 g/mol. The zero-order valence-corrected chi connectivity index (χ0v) is 17.2. The van der Waals surface area contributed by atoms with Crippen LogP contribution < -0.4 is 19.5 Å². The SMILES string of the molecule is N#C/C(=C\c1cccc(Oc2ccccc2)c1)C(=O)Nc1cc2c(cc1[N+](=O)[O-])OCCO2. The van der Waals surface area contributed by atoms with E-state index in [0.717, 1.165) is 0 Å². The maximum absolute atomic E-state index is 12.7. The van der Waals surface area contributed by atoms with Crippen LogP contribution in [-0.4, -0.2) is 24.0 Å². The maximum atomic E-state index is 12.7. The summed E-state index contributed by atoms with van der Waals surface area (Å²) >= 11 is 0. The molecular weight excluding hydrogens is 426 g/mol. The van der Waals surface area contributed by atoms with Crippen LogP contribution in [0.3, 0.4) is 0 Å². The Balaban J connectivity index is 1.57. The molecule has 4 rings (SSSR count). The molecule has 3 aromatic rings. The summed E-state index contributed by atoms with van der Waals surface area (Å²) in [5.74, 6) is 0.859. The van der Waals surface area contributed by atoms with Gasteiger partial charge in [-0.25, -0.2) is 0 Å². The van der Waals surface area contributed by atoms with Crippen molar-refractivity contribution in [2.45, 2.75) is 0 Å². The molecule has 1 amide bonds. The zero-order valence-electron chi connectivity index (χ0n) is 17.2. The third-order valence-corrected chi connectivity index (χ3v) is 4.62. The largest absolute Gasteiger partial charge is 0.486 e. The summed E-state index contributed by atoms with van der Waals surface area (Å²) in [6.07, 6.45) is 1.37. The summed E-state index contributed by atoms with van der Waals surface area (Å²) in [5.41, 5.74) is -0.164. The normalized spacial score (nSPS) is 12.4. The predicted molar refractivity (Wildman–Crippen MR) is 119 cm³/mol. The molecule has 164 valence electrons. The number of ether oxygens (including phenoxy) is 3. The van der Waals surface area contributed by atoms with Crippen molar-refractivity contribution < 1.29 is 23.9 Å². The van der Waals surface area contributed by atoms with Gasteiger partial charge in [-0.2, -0.15) is 5.26 Å². The highest BCUT2D eigenvalue weighted by Gasteiger charge is 2.24. The summed E-state index contributed by atoms with van der Waals surface area (Å²) in [5, 5.41) is 23.4. The number of hydrogen-bond acceptors (Lipinski definition) is 7. The van der Waals surface area contributed by atoms with Crippen molar-refractivity contribution in [3.8, 4) is 29.1 Å². The van der Waals surface area contributed by atoms with E-state index in [9.17, 15) is 20.2 Å². The topological polar surface area (TPSA) is 124 Å². The average molecular weight is 443 g/mol. The number of amides is 1. The van der Waals surface area contributed by atoms with Crippen LogP contribution in [0.15, 0.2) is 72.3 Å². The van der Waals surface area contributed by atoms with Gasteiger partial charge < -0.3 is 19.5 Å². The Morgan fingerprint density at radius 3 is 2.42 bits per heavy atom. The second-order valence-corrected chi connectivity index (χ2v) is 6.88. The van der Waals surface area contributed by atoms with Gasteiger partial charge in [-0.1, -0.05) is 30.3 Å². The molecule has 0 radical (unpaired) electrons. The van der Waals surface area contributed by atoms with E-state index >= 15 is 0 Å². The van der Waals surface area contributed by atoms with Crippen LogP contribution in [0, 0.1) is 21.4 Å². The van der Waals surface area contributed by atoms with Gasteiger partial charge in [0, 0.05) is 6.07 Å². The van der Waals surface area contributed by atoms with Gasteiger partial charge in [0.05, 0.1) is 11.0 Å². The molecule has 0 spiro atoms. The predicted octanol–water partition coefficient (Wildman–Crippen LogP) is 4.70. The molecule has 0 atom stereocenters. The van der Waals surface area contributed by atoms with E-state index < -0.39 is 10.8 Å². The van der Waals surface area contributed by atoms with Crippen LogP contribution in [-0.2, 0) is 4.79 Å². The Labute approximate surface area is 188 Å². The molecular formula is C24H17N3O6. The number of carbonyl (C=O) groups is 1. The van der Waals surface area contributed by atoms with Gasteiger partial charge >= 0.3 is 0 Å². The summed E-state index contributed by atoms with van der Waals surface area (Å²) < 4.78 is 16.6. The molecule has 0 bridgehead atoms. The van der Waals surface area contributed by atoms with Gasteiger partial charge in [-0.15, -0.1) is 0 Å². The first kappa shape index (κ1) is 21.4. The first-order chi connectivity index (χ1) is 16.0. The molecule has 0 saturated heterocycles. The van der Waals surface area contributed by atoms with Gasteiger partial charge in [0.25, 0.3) is 11.6 Å². The summed E-state index contributed by atoms with van der Waals surface area (Å²) in [4.78, 5) is 23.6. The lowest BCUT2D eigenvalue weighted by molar-refractivity contribution is -0.384. The first-order valence-electron chi connectivity index (χ1n) is 9.87. The van der Waals surface area contributed by atoms with Crippen molar-refractivity contribution in [2.75, 3.05) is 18.5 Å². The summed E-state index contributed by atoms with van der Waals surface area (Å²) in [6, 6.07) is 20.3. The van der Waals surface area contributed by atoms with E-state index in [1.165, 1.54) is 18.2 Å². The van der Waals surface area contributed by atoms with E-state index in [0.29, 0.717) is 17.1 Å². The fourth-order valence-electron chi connectivity index (χ4n) is 3.13. The number of rotatable bonds is 6. The molecule has 33 heavy (non-hydrogen) atoms. The quantitative estimate of drug-likeness (QED) is 0.253. The minimum Gasteiger partial charge on any atom is -0.486 e. The average Bonchev–Trinajstić information content (AvgIpc) is 2.82. The molecule has 0 fully saturated rings. The van der Waals surface area contributed by atoms with Crippen LogP contribution in [0.2, 0.25) is 0 Å². The molecule has 1 aliphatic rings. The van der Waals surface area contributed by atoms with Crippen LogP contribution >= 0.6 is 0 Å². The summed E-state index contributed by atoms with van der Waals surface area (Å²) in [7, 11) is 0. The lowest BCUT2D eigenvalue weighted by atomic mass is 10.1. The number of carbonyl (C=O) groups excluding carboxylic acids is 1. The van der Waals surface area contributed by atoms with Crippen LogP contribution in [0.1, 0.15) is 5.56 Å². The number of nitrogens with zero attached hydrogens (tertiary/aromatic N) is 2. The number of nitro benzene ring substituents is 1. The standard InChI is InChI=1S/C24H17N3O6/c25-15-17(11-16-5-4-8-19(12-16)33-18-6-2-1-3-7-18)24(28)26-20-13-22-23(32-10-9-31-22)14-21(20)27(29)30/h1-8,11-14H,9-10H2,(H,26,28)/b17-11+. The van der Waals surface area contributed by atoms with Crippen molar-refractivity contribution in [1.82, 2.24) is 0 Å². The number of nitrogens with one attached hydrogen (secondary N) is 1. The number of hydrogen-bond donors (Lipinski definition) is 1. The van der Waals surface area contributed by atoms with Crippen LogP contribution in [0.25, 0.3) is 6.08 Å². The summed E-state index contributed by atoms with van der Waals surface area (Å²) in [6.45, 7) is 0.549. The molecule has 0 aromatic heterocycles. The fraction of sp³-hybridized carbons (Fsp3) is 0.0833. The molecule has 0 unspecified atom stereocenters. The molecule has 1 heterocycles. The van der Waals surface area contributed by atoms with Crippen LogP contribution in [0.4, 0.5) is 11.4 Å². The Morgan fingerprint density at radius 1 is 1.03 bits per heavy atom. The molecule has 3 aromatic carbocycles.